The van der Waals surface area contributed by atoms with E-state index in [9.17, 15) is 14.7 Å². The second-order valence-electron chi connectivity index (χ2n) is 5.94. The van der Waals surface area contributed by atoms with Gasteiger partial charge in [-0.1, -0.05) is 12.1 Å². The van der Waals surface area contributed by atoms with Crippen molar-refractivity contribution in [2.24, 2.45) is 5.92 Å². The van der Waals surface area contributed by atoms with Crippen molar-refractivity contribution in [1.29, 1.82) is 0 Å². The number of carbonyl (C=O) groups excluding carboxylic acids is 1. The maximum atomic E-state index is 11.9. The molecule has 2 rings (SSSR count). The van der Waals surface area contributed by atoms with Crippen molar-refractivity contribution in [2.45, 2.75) is 20.3 Å². The minimum Gasteiger partial charge on any atom is -0.484 e. The van der Waals surface area contributed by atoms with Gasteiger partial charge in [-0.05, 0) is 55.2 Å². The molecule has 1 aromatic carbocycles. The zero-order valence-corrected chi connectivity index (χ0v) is 14.4. The fourth-order valence-corrected chi connectivity index (χ4v) is 2.29. The molecule has 0 saturated carbocycles. The lowest BCUT2D eigenvalue weighted by atomic mass is 10.0. The molecule has 25 heavy (non-hydrogen) atoms. The van der Waals surface area contributed by atoms with Crippen molar-refractivity contribution in [3.8, 4) is 5.75 Å². The summed E-state index contributed by atoms with van der Waals surface area (Å²) in [6.45, 7) is 3.86. The molecule has 2 aromatic rings. The van der Waals surface area contributed by atoms with Gasteiger partial charge in [0.15, 0.2) is 6.61 Å². The van der Waals surface area contributed by atoms with Crippen LogP contribution >= 0.6 is 0 Å². The van der Waals surface area contributed by atoms with Crippen LogP contribution in [0.4, 0.5) is 0 Å². The molecule has 1 atom stereocenters. The van der Waals surface area contributed by atoms with Crippen LogP contribution in [0.15, 0.2) is 42.7 Å². The molecule has 0 fully saturated rings. The molecule has 0 saturated heterocycles. The number of aromatic nitrogens is 1. The molecule has 6 heteroatoms. The summed E-state index contributed by atoms with van der Waals surface area (Å²) in [5, 5.41) is 11.9. The maximum absolute atomic E-state index is 11.9. The summed E-state index contributed by atoms with van der Waals surface area (Å²) >= 11 is 0. The van der Waals surface area contributed by atoms with Crippen molar-refractivity contribution in [1.82, 2.24) is 10.3 Å². The standard InChI is InChI=1S/C19H22N2O4/c1-13-5-6-17(8-14(13)2)25-12-18(22)21-11-16(19(23)24)9-15-4-3-7-20-10-15/h3-8,10,16H,9,11-12H2,1-2H3,(H,21,22)(H,23,24). The molecule has 1 amide bonds. The Balaban J connectivity index is 1.82. The van der Waals surface area contributed by atoms with Gasteiger partial charge in [0.2, 0.25) is 0 Å². The lowest BCUT2D eigenvalue weighted by Crippen LogP contribution is -2.36. The number of carboxylic acids is 1. The predicted molar refractivity (Wildman–Crippen MR) is 93.5 cm³/mol. The first-order valence-corrected chi connectivity index (χ1v) is 8.04. The van der Waals surface area contributed by atoms with Crippen LogP contribution in [-0.2, 0) is 16.0 Å². The monoisotopic (exact) mass is 342 g/mol. The summed E-state index contributed by atoms with van der Waals surface area (Å²) in [7, 11) is 0. The second kappa shape index (κ2) is 8.82. The van der Waals surface area contributed by atoms with Gasteiger partial charge in [0.05, 0.1) is 5.92 Å². The summed E-state index contributed by atoms with van der Waals surface area (Å²) in [4.78, 5) is 27.2. The molecule has 0 radical (unpaired) electrons. The Morgan fingerprint density at radius 1 is 1.24 bits per heavy atom. The molecule has 1 aromatic heterocycles. The number of hydrogen-bond acceptors (Lipinski definition) is 4. The summed E-state index contributed by atoms with van der Waals surface area (Å²) < 4.78 is 5.45. The molecule has 0 spiro atoms. The number of carboxylic acid groups (broad SMARTS) is 1. The van der Waals surface area contributed by atoms with Gasteiger partial charge in [0.25, 0.3) is 5.91 Å². The molecule has 0 bridgehead atoms. The molecule has 1 heterocycles. The number of amides is 1. The number of benzene rings is 1. The highest BCUT2D eigenvalue weighted by Gasteiger charge is 2.19. The molecule has 0 aliphatic carbocycles. The van der Waals surface area contributed by atoms with Crippen LogP contribution in [0.5, 0.6) is 5.75 Å². The first-order chi connectivity index (χ1) is 12.0. The predicted octanol–water partition coefficient (Wildman–Crippen LogP) is 2.14. The topological polar surface area (TPSA) is 88.5 Å². The Labute approximate surface area is 146 Å². The number of ether oxygens (including phenoxy) is 1. The minimum absolute atomic E-state index is 0.0410. The molecule has 0 aliphatic heterocycles. The number of nitrogens with zero attached hydrogens (tertiary/aromatic N) is 1. The van der Waals surface area contributed by atoms with E-state index < -0.39 is 11.9 Å². The Hall–Kier alpha value is -2.89. The van der Waals surface area contributed by atoms with Crippen molar-refractivity contribution in [3.63, 3.8) is 0 Å². The van der Waals surface area contributed by atoms with Crippen LogP contribution in [0.3, 0.4) is 0 Å². The maximum Gasteiger partial charge on any atom is 0.308 e. The Morgan fingerprint density at radius 2 is 2.04 bits per heavy atom. The molecular formula is C19H22N2O4. The van der Waals surface area contributed by atoms with Crippen LogP contribution < -0.4 is 10.1 Å². The summed E-state index contributed by atoms with van der Waals surface area (Å²) in [6, 6.07) is 9.16. The van der Waals surface area contributed by atoms with E-state index in [1.165, 1.54) is 0 Å². The number of nitrogens with one attached hydrogen (secondary N) is 1. The lowest BCUT2D eigenvalue weighted by molar-refractivity contribution is -0.141. The SMILES string of the molecule is Cc1ccc(OCC(=O)NCC(Cc2cccnc2)C(=O)O)cc1C. The molecule has 1 unspecified atom stereocenters. The fourth-order valence-electron chi connectivity index (χ4n) is 2.29. The molecular weight excluding hydrogens is 320 g/mol. The third-order valence-corrected chi connectivity index (χ3v) is 3.95. The van der Waals surface area contributed by atoms with Gasteiger partial charge in [0, 0.05) is 18.9 Å². The smallest absolute Gasteiger partial charge is 0.308 e. The third kappa shape index (κ3) is 5.91. The van der Waals surface area contributed by atoms with Crippen LogP contribution in [0, 0.1) is 19.8 Å². The van der Waals surface area contributed by atoms with E-state index in [4.69, 9.17) is 4.74 Å². The van der Waals surface area contributed by atoms with E-state index >= 15 is 0 Å². The fraction of sp³-hybridized carbons (Fsp3) is 0.316. The average molecular weight is 342 g/mol. The number of aryl methyl sites for hydroxylation is 2. The van der Waals surface area contributed by atoms with E-state index in [0.29, 0.717) is 12.2 Å². The zero-order chi connectivity index (χ0) is 18.2. The lowest BCUT2D eigenvalue weighted by Gasteiger charge is -2.14. The van der Waals surface area contributed by atoms with Gasteiger partial charge in [0.1, 0.15) is 5.75 Å². The summed E-state index contributed by atoms with van der Waals surface area (Å²) in [5.74, 6) is -1.41. The van der Waals surface area contributed by atoms with Crippen molar-refractivity contribution < 1.29 is 19.4 Å². The Morgan fingerprint density at radius 3 is 2.68 bits per heavy atom. The van der Waals surface area contributed by atoms with Crippen molar-refractivity contribution >= 4 is 11.9 Å². The number of hydrogen-bond donors (Lipinski definition) is 2. The van der Waals surface area contributed by atoms with Gasteiger partial charge >= 0.3 is 5.97 Å². The first-order valence-electron chi connectivity index (χ1n) is 8.04. The Kier molecular flexibility index (Phi) is 6.51. The number of aliphatic carboxylic acids is 1. The normalized spacial score (nSPS) is 11.6. The van der Waals surface area contributed by atoms with E-state index in [1.807, 2.05) is 32.0 Å². The Bertz CT molecular complexity index is 731. The first kappa shape index (κ1) is 18.4. The second-order valence-corrected chi connectivity index (χ2v) is 5.94. The van der Waals surface area contributed by atoms with E-state index in [1.54, 1.807) is 24.5 Å². The largest absolute Gasteiger partial charge is 0.484 e. The average Bonchev–Trinajstić information content (AvgIpc) is 2.60. The van der Waals surface area contributed by atoms with Crippen LogP contribution in [0.1, 0.15) is 16.7 Å². The highest BCUT2D eigenvalue weighted by molar-refractivity contribution is 5.78. The molecule has 6 nitrogen and oxygen atoms in total. The van der Waals surface area contributed by atoms with E-state index in [2.05, 4.69) is 10.3 Å². The van der Waals surface area contributed by atoms with E-state index in [0.717, 1.165) is 16.7 Å². The number of rotatable bonds is 8. The molecule has 132 valence electrons. The minimum atomic E-state index is -0.959. The quantitative estimate of drug-likeness (QED) is 0.767. The highest BCUT2D eigenvalue weighted by Crippen LogP contribution is 2.16. The van der Waals surface area contributed by atoms with Crippen LogP contribution in [0.25, 0.3) is 0 Å². The molecule has 0 aliphatic rings. The highest BCUT2D eigenvalue weighted by atomic mass is 16.5. The zero-order valence-electron chi connectivity index (χ0n) is 14.4. The van der Waals surface area contributed by atoms with Crippen LogP contribution in [0.2, 0.25) is 0 Å². The third-order valence-electron chi connectivity index (χ3n) is 3.95. The van der Waals surface area contributed by atoms with Gasteiger partial charge in [-0.25, -0.2) is 0 Å². The van der Waals surface area contributed by atoms with Gasteiger partial charge in [-0.3, -0.25) is 14.6 Å². The summed E-state index contributed by atoms with van der Waals surface area (Å²) in [6.07, 6.45) is 3.56. The molecule has 2 N–H and O–H groups in total. The van der Waals surface area contributed by atoms with Gasteiger partial charge in [-0.15, -0.1) is 0 Å². The van der Waals surface area contributed by atoms with Crippen LogP contribution in [-0.4, -0.2) is 35.1 Å². The number of pyridine rings is 1. The summed E-state index contributed by atoms with van der Waals surface area (Å²) in [5.41, 5.74) is 3.05. The number of carbonyl (C=O) groups is 2. The van der Waals surface area contributed by atoms with Gasteiger partial charge in [-0.2, -0.15) is 0 Å². The van der Waals surface area contributed by atoms with Gasteiger partial charge < -0.3 is 15.2 Å². The van der Waals surface area contributed by atoms with E-state index in [-0.39, 0.29) is 19.1 Å². The van der Waals surface area contributed by atoms with Crippen molar-refractivity contribution in [3.05, 3.63) is 59.4 Å². The van der Waals surface area contributed by atoms with Crippen molar-refractivity contribution in [2.75, 3.05) is 13.2 Å².